The molecular weight excluding hydrogens is 172 g/mol. The summed E-state index contributed by atoms with van der Waals surface area (Å²) in [5, 5.41) is 7.52. The molecule has 0 aromatic heterocycles. The zero-order valence-corrected chi connectivity index (χ0v) is 9.44. The lowest BCUT2D eigenvalue weighted by molar-refractivity contribution is 0.172. The monoisotopic (exact) mass is 196 g/mol. The first kappa shape index (κ1) is 10.4. The molecule has 2 aliphatic rings. The summed E-state index contributed by atoms with van der Waals surface area (Å²) in [6.45, 7) is 4.66. The average Bonchev–Trinajstić information content (AvgIpc) is 2.24. The number of hydrogen-bond donors (Lipinski definition) is 2. The van der Waals surface area contributed by atoms with Gasteiger partial charge in [0.05, 0.1) is 0 Å². The molecule has 14 heavy (non-hydrogen) atoms. The second-order valence-corrected chi connectivity index (χ2v) is 5.09. The average molecular weight is 196 g/mol. The zero-order valence-electron chi connectivity index (χ0n) is 9.44. The van der Waals surface area contributed by atoms with E-state index < -0.39 is 0 Å². The van der Waals surface area contributed by atoms with Crippen LogP contribution in [0.4, 0.5) is 0 Å². The molecule has 1 saturated heterocycles. The molecule has 1 heterocycles. The molecule has 1 saturated carbocycles. The molecule has 1 aliphatic heterocycles. The van der Waals surface area contributed by atoms with Gasteiger partial charge in [-0.15, -0.1) is 0 Å². The standard InChI is InChI=1S/C12H24N2/c1-2-6-11-9-14-12(10-13-11)7-4-3-5-8-12/h11,13-14H,2-10H2,1H3. The highest BCUT2D eigenvalue weighted by Crippen LogP contribution is 2.29. The molecule has 2 fully saturated rings. The van der Waals surface area contributed by atoms with Crippen LogP contribution in [0, 0.1) is 0 Å². The summed E-state index contributed by atoms with van der Waals surface area (Å²) in [6, 6.07) is 0.729. The maximum atomic E-state index is 3.81. The van der Waals surface area contributed by atoms with Gasteiger partial charge in [-0.25, -0.2) is 0 Å². The van der Waals surface area contributed by atoms with E-state index in [1.165, 1.54) is 58.0 Å². The Morgan fingerprint density at radius 2 is 2.00 bits per heavy atom. The van der Waals surface area contributed by atoms with Gasteiger partial charge in [0.2, 0.25) is 0 Å². The van der Waals surface area contributed by atoms with E-state index in [2.05, 4.69) is 17.6 Å². The molecule has 2 rings (SSSR count). The Balaban J connectivity index is 1.81. The van der Waals surface area contributed by atoms with Crippen LogP contribution in [-0.4, -0.2) is 24.7 Å². The summed E-state index contributed by atoms with van der Waals surface area (Å²) in [6.07, 6.45) is 9.69. The van der Waals surface area contributed by atoms with Crippen LogP contribution in [0.5, 0.6) is 0 Å². The van der Waals surface area contributed by atoms with Crippen molar-refractivity contribution < 1.29 is 0 Å². The minimum absolute atomic E-state index is 0.475. The molecule has 0 amide bonds. The normalized spacial score (nSPS) is 31.9. The first-order chi connectivity index (χ1) is 6.85. The van der Waals surface area contributed by atoms with E-state index in [9.17, 15) is 0 Å². The fourth-order valence-corrected chi connectivity index (χ4v) is 2.95. The molecule has 0 aromatic rings. The first-order valence-corrected chi connectivity index (χ1v) is 6.33. The maximum Gasteiger partial charge on any atom is 0.0307 e. The number of rotatable bonds is 2. The van der Waals surface area contributed by atoms with Crippen molar-refractivity contribution in [1.29, 1.82) is 0 Å². The Labute approximate surface area is 87.8 Å². The van der Waals surface area contributed by atoms with E-state index in [0.29, 0.717) is 5.54 Å². The van der Waals surface area contributed by atoms with E-state index in [1.807, 2.05) is 0 Å². The van der Waals surface area contributed by atoms with Crippen molar-refractivity contribution in [3.63, 3.8) is 0 Å². The third-order valence-electron chi connectivity index (χ3n) is 3.90. The zero-order chi connectivity index (χ0) is 9.86. The third-order valence-corrected chi connectivity index (χ3v) is 3.90. The lowest BCUT2D eigenvalue weighted by Crippen LogP contribution is -2.63. The van der Waals surface area contributed by atoms with Gasteiger partial charge in [-0.3, -0.25) is 0 Å². The smallest absolute Gasteiger partial charge is 0.0307 e. The van der Waals surface area contributed by atoms with Crippen LogP contribution in [0.1, 0.15) is 51.9 Å². The number of hydrogen-bond acceptors (Lipinski definition) is 2. The third kappa shape index (κ3) is 2.29. The minimum atomic E-state index is 0.475. The highest BCUT2D eigenvalue weighted by molar-refractivity contribution is 4.97. The Morgan fingerprint density at radius 3 is 2.57 bits per heavy atom. The molecule has 2 heteroatoms. The molecule has 0 radical (unpaired) electrons. The van der Waals surface area contributed by atoms with Gasteiger partial charge in [0, 0.05) is 24.7 Å². The molecule has 0 aromatic carbocycles. The van der Waals surface area contributed by atoms with E-state index in [0.717, 1.165) is 6.04 Å². The van der Waals surface area contributed by atoms with Gasteiger partial charge in [0.1, 0.15) is 0 Å². The predicted molar refractivity (Wildman–Crippen MR) is 60.5 cm³/mol. The Morgan fingerprint density at radius 1 is 1.21 bits per heavy atom. The van der Waals surface area contributed by atoms with Gasteiger partial charge in [-0.2, -0.15) is 0 Å². The van der Waals surface area contributed by atoms with E-state index >= 15 is 0 Å². The van der Waals surface area contributed by atoms with Crippen LogP contribution >= 0.6 is 0 Å². The summed E-state index contributed by atoms with van der Waals surface area (Å²) in [4.78, 5) is 0. The van der Waals surface area contributed by atoms with Gasteiger partial charge in [-0.05, 0) is 19.3 Å². The minimum Gasteiger partial charge on any atom is -0.311 e. The van der Waals surface area contributed by atoms with Crippen molar-refractivity contribution in [2.75, 3.05) is 13.1 Å². The van der Waals surface area contributed by atoms with Gasteiger partial charge in [0.15, 0.2) is 0 Å². The van der Waals surface area contributed by atoms with Crippen molar-refractivity contribution in [2.24, 2.45) is 0 Å². The molecule has 1 atom stereocenters. The van der Waals surface area contributed by atoms with E-state index in [-0.39, 0.29) is 0 Å². The van der Waals surface area contributed by atoms with Crippen molar-refractivity contribution in [3.8, 4) is 0 Å². The number of nitrogens with one attached hydrogen (secondary N) is 2. The molecule has 82 valence electrons. The van der Waals surface area contributed by atoms with Crippen LogP contribution in [0.25, 0.3) is 0 Å². The summed E-state index contributed by atoms with van der Waals surface area (Å²) in [7, 11) is 0. The molecule has 1 spiro atoms. The molecule has 1 aliphatic carbocycles. The van der Waals surface area contributed by atoms with E-state index in [1.54, 1.807) is 0 Å². The fourth-order valence-electron chi connectivity index (χ4n) is 2.95. The molecule has 0 bridgehead atoms. The molecular formula is C12H24N2. The molecule has 1 unspecified atom stereocenters. The highest BCUT2D eigenvalue weighted by Gasteiger charge is 2.35. The van der Waals surface area contributed by atoms with Crippen molar-refractivity contribution in [3.05, 3.63) is 0 Å². The Hall–Kier alpha value is -0.0800. The van der Waals surface area contributed by atoms with Crippen LogP contribution in [0.15, 0.2) is 0 Å². The van der Waals surface area contributed by atoms with Crippen LogP contribution in [0.3, 0.4) is 0 Å². The fraction of sp³-hybridized carbons (Fsp3) is 1.00. The lowest BCUT2D eigenvalue weighted by Gasteiger charge is -2.44. The Kier molecular flexibility index (Phi) is 3.45. The summed E-state index contributed by atoms with van der Waals surface area (Å²) in [5.41, 5.74) is 0.475. The molecule has 2 nitrogen and oxygen atoms in total. The van der Waals surface area contributed by atoms with Crippen molar-refractivity contribution in [2.45, 2.75) is 63.5 Å². The van der Waals surface area contributed by atoms with Gasteiger partial charge >= 0.3 is 0 Å². The van der Waals surface area contributed by atoms with Gasteiger partial charge < -0.3 is 10.6 Å². The predicted octanol–water partition coefficient (Wildman–Crippen LogP) is 2.05. The van der Waals surface area contributed by atoms with Crippen LogP contribution < -0.4 is 10.6 Å². The summed E-state index contributed by atoms with van der Waals surface area (Å²) in [5.74, 6) is 0. The second-order valence-electron chi connectivity index (χ2n) is 5.09. The van der Waals surface area contributed by atoms with Gasteiger partial charge in [0.25, 0.3) is 0 Å². The SMILES string of the molecule is CCCC1CNC2(CCCCC2)CN1. The second kappa shape index (κ2) is 4.63. The molecule has 2 N–H and O–H groups in total. The number of piperazine rings is 1. The summed E-state index contributed by atoms with van der Waals surface area (Å²) >= 11 is 0. The first-order valence-electron chi connectivity index (χ1n) is 6.33. The topological polar surface area (TPSA) is 24.1 Å². The quantitative estimate of drug-likeness (QED) is 0.706. The lowest BCUT2D eigenvalue weighted by atomic mass is 9.80. The van der Waals surface area contributed by atoms with Crippen LogP contribution in [0.2, 0.25) is 0 Å². The van der Waals surface area contributed by atoms with Crippen molar-refractivity contribution >= 4 is 0 Å². The largest absolute Gasteiger partial charge is 0.311 e. The highest BCUT2D eigenvalue weighted by atomic mass is 15.1. The summed E-state index contributed by atoms with van der Waals surface area (Å²) < 4.78 is 0. The van der Waals surface area contributed by atoms with Crippen LogP contribution in [-0.2, 0) is 0 Å². The van der Waals surface area contributed by atoms with Gasteiger partial charge in [-0.1, -0.05) is 32.6 Å². The van der Waals surface area contributed by atoms with E-state index in [4.69, 9.17) is 0 Å². The van der Waals surface area contributed by atoms with Crippen molar-refractivity contribution in [1.82, 2.24) is 10.6 Å². The maximum absolute atomic E-state index is 3.81. The Bertz CT molecular complexity index is 163.